The van der Waals surface area contributed by atoms with Gasteiger partial charge >= 0.3 is 6.18 Å². The first-order valence-electron chi connectivity index (χ1n) is 6.00. The van der Waals surface area contributed by atoms with Crippen LogP contribution < -0.4 is 10.9 Å². The van der Waals surface area contributed by atoms with Gasteiger partial charge in [-0.2, -0.15) is 18.3 Å². The molecule has 6 nitrogen and oxygen atoms in total. The number of nitrogens with zero attached hydrogens (tertiary/aromatic N) is 3. The van der Waals surface area contributed by atoms with Gasteiger partial charge in [0.25, 0.3) is 5.56 Å². The monoisotopic (exact) mass is 324 g/mol. The number of hydrogen-bond acceptors (Lipinski definition) is 4. The highest BCUT2D eigenvalue weighted by Crippen LogP contribution is 2.24. The van der Waals surface area contributed by atoms with Crippen molar-refractivity contribution in [2.45, 2.75) is 18.6 Å². The van der Waals surface area contributed by atoms with E-state index in [0.29, 0.717) is 0 Å². The minimum atomic E-state index is -4.44. The lowest BCUT2D eigenvalue weighted by molar-refractivity contribution is -0.157. The Kier molecular flexibility index (Phi) is 4.13. The quantitative estimate of drug-likeness (QED) is 0.901. The number of carbonyl (C=O) groups excluding carboxylic acids is 1. The Labute approximate surface area is 122 Å². The molecule has 10 heteroatoms. The highest BCUT2D eigenvalue weighted by molar-refractivity contribution is 6.32. The molecule has 1 saturated heterocycles. The molecular weight excluding hydrogens is 313 g/mol. The lowest BCUT2D eigenvalue weighted by Crippen LogP contribution is -2.36. The van der Waals surface area contributed by atoms with E-state index in [0.717, 1.165) is 9.58 Å². The van der Waals surface area contributed by atoms with Gasteiger partial charge in [-0.1, -0.05) is 11.6 Å². The summed E-state index contributed by atoms with van der Waals surface area (Å²) in [6.45, 7) is -1.39. The second-order valence-corrected chi connectivity index (χ2v) is 5.11. The first-order valence-corrected chi connectivity index (χ1v) is 6.38. The number of nitrogens with one attached hydrogen (secondary N) is 1. The number of hydrogen-bond donors (Lipinski definition) is 1. The number of amides is 1. The summed E-state index contributed by atoms with van der Waals surface area (Å²) in [6, 6.07) is -0.550. The Morgan fingerprint density at radius 1 is 1.48 bits per heavy atom. The highest BCUT2D eigenvalue weighted by atomic mass is 35.5. The van der Waals surface area contributed by atoms with Gasteiger partial charge in [-0.05, 0) is 0 Å². The Balaban J connectivity index is 2.07. The van der Waals surface area contributed by atoms with Crippen LogP contribution in [0.25, 0.3) is 0 Å². The third kappa shape index (κ3) is 3.66. The first-order chi connectivity index (χ1) is 9.67. The van der Waals surface area contributed by atoms with Crippen LogP contribution >= 0.6 is 11.6 Å². The van der Waals surface area contributed by atoms with Crippen LogP contribution in [0.15, 0.2) is 11.0 Å². The fraction of sp³-hybridized carbons (Fsp3) is 0.545. The van der Waals surface area contributed by atoms with Crippen LogP contribution in [-0.4, -0.2) is 45.9 Å². The Morgan fingerprint density at radius 3 is 2.76 bits per heavy atom. The van der Waals surface area contributed by atoms with Crippen molar-refractivity contribution in [1.82, 2.24) is 14.7 Å². The van der Waals surface area contributed by atoms with Crippen LogP contribution in [0.4, 0.5) is 18.9 Å². The smallest absolute Gasteiger partial charge is 0.377 e. The lowest BCUT2D eigenvalue weighted by atomic mass is 10.2. The van der Waals surface area contributed by atoms with Crippen molar-refractivity contribution in [1.29, 1.82) is 0 Å². The summed E-state index contributed by atoms with van der Waals surface area (Å²) in [6.07, 6.45) is -3.24. The normalized spacial score (nSPS) is 19.2. The van der Waals surface area contributed by atoms with E-state index in [1.165, 1.54) is 13.2 Å². The van der Waals surface area contributed by atoms with Crippen LogP contribution in [-0.2, 0) is 11.8 Å². The van der Waals surface area contributed by atoms with E-state index in [1.54, 1.807) is 0 Å². The second-order valence-electron chi connectivity index (χ2n) is 4.74. The average molecular weight is 325 g/mol. The van der Waals surface area contributed by atoms with Crippen molar-refractivity contribution in [2.24, 2.45) is 7.05 Å². The van der Waals surface area contributed by atoms with Crippen LogP contribution in [0, 0.1) is 0 Å². The molecule has 0 saturated carbocycles. The zero-order valence-corrected chi connectivity index (χ0v) is 11.7. The van der Waals surface area contributed by atoms with Crippen LogP contribution in [0.2, 0.25) is 5.02 Å². The molecule has 21 heavy (non-hydrogen) atoms. The minimum Gasteiger partial charge on any atom is -0.377 e. The van der Waals surface area contributed by atoms with E-state index in [9.17, 15) is 22.8 Å². The number of alkyl halides is 3. The van der Waals surface area contributed by atoms with Gasteiger partial charge in [-0.25, -0.2) is 4.68 Å². The fourth-order valence-corrected chi connectivity index (χ4v) is 2.30. The predicted octanol–water partition coefficient (Wildman–Crippen LogP) is 1.01. The minimum absolute atomic E-state index is 0.0956. The van der Waals surface area contributed by atoms with Crippen molar-refractivity contribution >= 4 is 23.2 Å². The summed E-state index contributed by atoms with van der Waals surface area (Å²) in [5.41, 5.74) is -0.329. The van der Waals surface area contributed by atoms with Gasteiger partial charge in [-0.3, -0.25) is 9.59 Å². The van der Waals surface area contributed by atoms with E-state index < -0.39 is 30.2 Å². The van der Waals surface area contributed by atoms with Crippen molar-refractivity contribution in [3.05, 3.63) is 21.6 Å². The molecule has 0 aliphatic carbocycles. The van der Waals surface area contributed by atoms with Gasteiger partial charge in [-0.15, -0.1) is 0 Å². The standard InChI is InChI=1S/C11H12ClF3N4O2/c1-18-10(21)9(12)7(3-16-18)17-6-2-8(20)19(4-6)5-11(13,14)15/h3,6,17H,2,4-5H2,1H3. The molecule has 1 aromatic heterocycles. The van der Waals surface area contributed by atoms with Gasteiger partial charge in [0.2, 0.25) is 5.91 Å². The van der Waals surface area contributed by atoms with Gasteiger partial charge in [0.05, 0.1) is 17.9 Å². The molecule has 1 N–H and O–H groups in total. The predicted molar refractivity (Wildman–Crippen MR) is 69.2 cm³/mol. The van der Waals surface area contributed by atoms with E-state index in [-0.39, 0.29) is 23.7 Å². The lowest BCUT2D eigenvalue weighted by Gasteiger charge is -2.19. The van der Waals surface area contributed by atoms with Crippen LogP contribution in [0.1, 0.15) is 6.42 Å². The molecule has 1 unspecified atom stereocenters. The number of carbonyl (C=O) groups is 1. The van der Waals surface area contributed by atoms with E-state index >= 15 is 0 Å². The van der Waals surface area contributed by atoms with E-state index in [2.05, 4.69) is 10.4 Å². The molecular formula is C11H12ClF3N4O2. The molecule has 1 fully saturated rings. The average Bonchev–Trinajstić information content (AvgIpc) is 2.68. The molecule has 0 bridgehead atoms. The maximum absolute atomic E-state index is 12.3. The van der Waals surface area contributed by atoms with Gasteiger partial charge < -0.3 is 10.2 Å². The molecule has 1 amide bonds. The summed E-state index contributed by atoms with van der Waals surface area (Å²) < 4.78 is 38.0. The Hall–Kier alpha value is -1.77. The van der Waals surface area contributed by atoms with E-state index in [1.807, 2.05) is 0 Å². The number of aryl methyl sites for hydroxylation is 1. The largest absolute Gasteiger partial charge is 0.406 e. The fourth-order valence-electron chi connectivity index (χ4n) is 2.07. The summed E-state index contributed by atoms with van der Waals surface area (Å²) in [5.74, 6) is -0.599. The van der Waals surface area contributed by atoms with Gasteiger partial charge in [0.15, 0.2) is 0 Å². The maximum Gasteiger partial charge on any atom is 0.406 e. The van der Waals surface area contributed by atoms with Crippen molar-refractivity contribution < 1.29 is 18.0 Å². The first kappa shape index (κ1) is 15.6. The molecule has 116 valence electrons. The zero-order valence-electron chi connectivity index (χ0n) is 10.9. The molecule has 1 aliphatic rings. The Morgan fingerprint density at radius 2 is 2.14 bits per heavy atom. The summed E-state index contributed by atoms with van der Waals surface area (Å²) in [7, 11) is 1.42. The number of halogens is 4. The number of likely N-dealkylation sites (tertiary alicyclic amines) is 1. The third-order valence-electron chi connectivity index (χ3n) is 3.02. The van der Waals surface area contributed by atoms with Gasteiger partial charge in [0, 0.05) is 20.0 Å². The summed E-state index contributed by atoms with van der Waals surface area (Å²) >= 11 is 5.84. The SMILES string of the molecule is Cn1ncc(NC2CC(=O)N(CC(F)(F)F)C2)c(Cl)c1=O. The van der Waals surface area contributed by atoms with Crippen molar-refractivity contribution in [3.63, 3.8) is 0 Å². The molecule has 1 atom stereocenters. The molecule has 1 aliphatic heterocycles. The third-order valence-corrected chi connectivity index (χ3v) is 3.39. The molecule has 2 heterocycles. The maximum atomic E-state index is 12.3. The molecule has 0 radical (unpaired) electrons. The molecule has 0 aromatic carbocycles. The number of aromatic nitrogens is 2. The zero-order chi connectivity index (χ0) is 15.8. The molecule has 1 aromatic rings. The highest BCUT2D eigenvalue weighted by Gasteiger charge is 2.38. The van der Waals surface area contributed by atoms with E-state index in [4.69, 9.17) is 11.6 Å². The van der Waals surface area contributed by atoms with Crippen LogP contribution in [0.5, 0.6) is 0 Å². The summed E-state index contributed by atoms with van der Waals surface area (Å²) in [4.78, 5) is 23.8. The Bertz CT molecular complexity index is 616. The number of anilines is 1. The molecule has 0 spiro atoms. The van der Waals surface area contributed by atoms with Gasteiger partial charge in [0.1, 0.15) is 11.6 Å². The number of rotatable bonds is 3. The topological polar surface area (TPSA) is 67.2 Å². The molecule has 2 rings (SSSR count). The second kappa shape index (κ2) is 5.55. The van der Waals surface area contributed by atoms with Crippen LogP contribution in [0.3, 0.4) is 0 Å². The summed E-state index contributed by atoms with van der Waals surface area (Å²) in [5, 5.41) is 6.43. The van der Waals surface area contributed by atoms with Crippen molar-refractivity contribution in [2.75, 3.05) is 18.4 Å². The van der Waals surface area contributed by atoms with Crippen molar-refractivity contribution in [3.8, 4) is 0 Å².